The van der Waals surface area contributed by atoms with Gasteiger partial charge in [-0.15, -0.1) is 0 Å². The van der Waals surface area contributed by atoms with Crippen LogP contribution in [0.2, 0.25) is 0 Å². The lowest BCUT2D eigenvalue weighted by Gasteiger charge is -2.06. The molecule has 0 spiro atoms. The number of anilines is 1. The molecule has 3 N–H and O–H groups in total. The normalized spacial score (nSPS) is 9.65. The van der Waals surface area contributed by atoms with E-state index in [1.165, 1.54) is 6.20 Å². The van der Waals surface area contributed by atoms with Gasteiger partial charge in [0.05, 0.1) is 6.20 Å². The maximum absolute atomic E-state index is 10.9. The number of hydrogen-bond acceptors (Lipinski definition) is 5. The summed E-state index contributed by atoms with van der Waals surface area (Å²) in [7, 11) is 0. The number of primary amides is 1. The molecule has 1 rings (SSSR count). The maximum Gasteiger partial charge on any atom is 0.268 e. The molecule has 0 unspecified atom stereocenters. The lowest BCUT2D eigenvalue weighted by molar-refractivity contribution is 0.0995. The molecule has 0 aliphatic heterocycles. The van der Waals surface area contributed by atoms with Crippen molar-refractivity contribution in [1.29, 1.82) is 5.26 Å². The molecule has 0 aliphatic carbocycles. The minimum atomic E-state index is -0.654. The Bertz CT molecular complexity index is 438. The number of carbonyl (C=O) groups is 1. The average molecular weight is 233 g/mol. The van der Waals surface area contributed by atoms with Gasteiger partial charge >= 0.3 is 0 Å². The number of unbranched alkanes of at least 4 members (excludes halogenated alkanes) is 2. The van der Waals surface area contributed by atoms with Crippen molar-refractivity contribution in [2.45, 2.75) is 26.2 Å². The zero-order valence-electron chi connectivity index (χ0n) is 9.73. The first-order valence-corrected chi connectivity index (χ1v) is 5.49. The van der Waals surface area contributed by atoms with E-state index < -0.39 is 5.91 Å². The van der Waals surface area contributed by atoms with Crippen LogP contribution in [-0.2, 0) is 0 Å². The van der Waals surface area contributed by atoms with Gasteiger partial charge in [-0.05, 0) is 6.42 Å². The van der Waals surface area contributed by atoms with Gasteiger partial charge in [-0.1, -0.05) is 19.8 Å². The number of carbonyl (C=O) groups excluding carboxylic acids is 1. The van der Waals surface area contributed by atoms with E-state index in [4.69, 9.17) is 11.0 Å². The number of nitriles is 1. The minimum Gasteiger partial charge on any atom is -0.368 e. The fourth-order valence-electron chi connectivity index (χ4n) is 1.29. The molecule has 0 atom stereocenters. The van der Waals surface area contributed by atoms with Gasteiger partial charge in [0, 0.05) is 6.54 Å². The first-order valence-electron chi connectivity index (χ1n) is 5.49. The number of amides is 1. The molecule has 90 valence electrons. The number of rotatable bonds is 6. The highest BCUT2D eigenvalue weighted by Gasteiger charge is 2.09. The molecule has 6 heteroatoms. The van der Waals surface area contributed by atoms with Gasteiger partial charge in [0.15, 0.2) is 11.5 Å². The molecule has 0 aliphatic rings. The predicted molar refractivity (Wildman–Crippen MR) is 63.3 cm³/mol. The summed E-state index contributed by atoms with van der Waals surface area (Å²) in [6.45, 7) is 2.80. The third-order valence-corrected chi connectivity index (χ3v) is 2.20. The lowest BCUT2D eigenvalue weighted by Crippen LogP contribution is -2.16. The van der Waals surface area contributed by atoms with Crippen LogP contribution >= 0.6 is 0 Å². The van der Waals surface area contributed by atoms with Crippen molar-refractivity contribution < 1.29 is 4.79 Å². The second-order valence-corrected chi connectivity index (χ2v) is 3.56. The molecule has 0 radical (unpaired) electrons. The van der Waals surface area contributed by atoms with Crippen molar-refractivity contribution in [3.63, 3.8) is 0 Å². The van der Waals surface area contributed by atoms with Crippen LogP contribution in [0.25, 0.3) is 0 Å². The van der Waals surface area contributed by atoms with E-state index >= 15 is 0 Å². The van der Waals surface area contributed by atoms with E-state index in [1.54, 1.807) is 0 Å². The van der Waals surface area contributed by atoms with Crippen molar-refractivity contribution >= 4 is 11.7 Å². The van der Waals surface area contributed by atoms with E-state index in [0.717, 1.165) is 19.3 Å². The molecular formula is C11H15N5O. The standard InChI is InChI=1S/C11H15N5O/c1-2-3-4-5-14-11-8(6-12)15-7-9(16-11)10(13)17/h7H,2-5H2,1H3,(H2,13,17)(H,14,16). The Morgan fingerprint density at radius 1 is 1.59 bits per heavy atom. The molecular weight excluding hydrogens is 218 g/mol. The molecule has 6 nitrogen and oxygen atoms in total. The topological polar surface area (TPSA) is 105 Å². The molecule has 0 fully saturated rings. The second-order valence-electron chi connectivity index (χ2n) is 3.56. The first-order chi connectivity index (χ1) is 8.19. The third-order valence-electron chi connectivity index (χ3n) is 2.20. The van der Waals surface area contributed by atoms with Crippen molar-refractivity contribution in [2.24, 2.45) is 5.73 Å². The van der Waals surface area contributed by atoms with Gasteiger partial charge in [0.2, 0.25) is 0 Å². The van der Waals surface area contributed by atoms with E-state index in [9.17, 15) is 4.79 Å². The summed E-state index contributed by atoms with van der Waals surface area (Å²) >= 11 is 0. The molecule has 0 saturated carbocycles. The summed E-state index contributed by atoms with van der Waals surface area (Å²) in [4.78, 5) is 18.7. The van der Waals surface area contributed by atoms with Crippen molar-refractivity contribution in [3.05, 3.63) is 17.6 Å². The highest BCUT2D eigenvalue weighted by molar-refractivity contribution is 5.90. The van der Waals surface area contributed by atoms with Gasteiger partial charge < -0.3 is 11.1 Å². The van der Waals surface area contributed by atoms with Gasteiger partial charge in [-0.3, -0.25) is 4.79 Å². The van der Waals surface area contributed by atoms with Crippen LogP contribution < -0.4 is 11.1 Å². The van der Waals surface area contributed by atoms with Crippen LogP contribution in [-0.4, -0.2) is 22.4 Å². The number of nitrogens with zero attached hydrogens (tertiary/aromatic N) is 3. The van der Waals surface area contributed by atoms with Gasteiger partial charge in [-0.25, -0.2) is 9.97 Å². The van der Waals surface area contributed by atoms with Crippen LogP contribution in [0.1, 0.15) is 42.4 Å². The van der Waals surface area contributed by atoms with E-state index in [1.807, 2.05) is 6.07 Å². The summed E-state index contributed by atoms with van der Waals surface area (Å²) in [5, 5.41) is 11.8. The number of nitrogens with one attached hydrogen (secondary N) is 1. The molecule has 1 heterocycles. The van der Waals surface area contributed by atoms with E-state index in [-0.39, 0.29) is 11.4 Å². The summed E-state index contributed by atoms with van der Waals surface area (Å²) < 4.78 is 0. The van der Waals surface area contributed by atoms with Crippen LogP contribution in [0, 0.1) is 11.3 Å². The largest absolute Gasteiger partial charge is 0.368 e. The molecule has 17 heavy (non-hydrogen) atoms. The zero-order valence-corrected chi connectivity index (χ0v) is 9.73. The molecule has 1 aromatic rings. The SMILES string of the molecule is CCCCCNc1nc(C(N)=O)cnc1C#N. The average Bonchev–Trinajstić information content (AvgIpc) is 2.34. The van der Waals surface area contributed by atoms with Crippen LogP contribution in [0.4, 0.5) is 5.82 Å². The Morgan fingerprint density at radius 2 is 2.35 bits per heavy atom. The smallest absolute Gasteiger partial charge is 0.268 e. The Kier molecular flexibility index (Phi) is 4.88. The highest BCUT2D eigenvalue weighted by Crippen LogP contribution is 2.09. The Labute approximate surface area is 99.9 Å². The van der Waals surface area contributed by atoms with Crippen molar-refractivity contribution in [3.8, 4) is 6.07 Å². The Hall–Kier alpha value is -2.16. The minimum absolute atomic E-state index is 0.0574. The Balaban J connectivity index is 2.77. The number of hydrogen-bond donors (Lipinski definition) is 2. The summed E-state index contributed by atoms with van der Waals surface area (Å²) in [6, 6.07) is 1.91. The van der Waals surface area contributed by atoms with E-state index in [0.29, 0.717) is 12.4 Å². The molecule has 0 saturated heterocycles. The lowest BCUT2D eigenvalue weighted by atomic mass is 10.2. The van der Waals surface area contributed by atoms with Crippen LogP contribution in [0.3, 0.4) is 0 Å². The fraction of sp³-hybridized carbons (Fsp3) is 0.455. The number of aromatic nitrogens is 2. The van der Waals surface area contributed by atoms with Crippen LogP contribution in [0.15, 0.2) is 6.20 Å². The third kappa shape index (κ3) is 3.72. The number of nitrogens with two attached hydrogens (primary N) is 1. The summed E-state index contributed by atoms with van der Waals surface area (Å²) in [5.41, 5.74) is 5.33. The Morgan fingerprint density at radius 3 is 2.94 bits per heavy atom. The molecule has 0 bridgehead atoms. The van der Waals surface area contributed by atoms with Crippen LogP contribution in [0.5, 0.6) is 0 Å². The van der Waals surface area contributed by atoms with Crippen molar-refractivity contribution in [2.75, 3.05) is 11.9 Å². The second kappa shape index (κ2) is 6.43. The zero-order chi connectivity index (χ0) is 12.7. The van der Waals surface area contributed by atoms with Gasteiger partial charge in [0.1, 0.15) is 11.8 Å². The quantitative estimate of drug-likeness (QED) is 0.714. The predicted octanol–water partition coefficient (Wildman–Crippen LogP) is 1.05. The molecule has 1 aromatic heterocycles. The van der Waals surface area contributed by atoms with Gasteiger partial charge in [0.25, 0.3) is 5.91 Å². The highest BCUT2D eigenvalue weighted by atomic mass is 16.1. The molecule has 0 aromatic carbocycles. The summed E-state index contributed by atoms with van der Waals surface area (Å²) in [5.74, 6) is -0.335. The van der Waals surface area contributed by atoms with Crippen molar-refractivity contribution in [1.82, 2.24) is 9.97 Å². The van der Waals surface area contributed by atoms with Gasteiger partial charge in [-0.2, -0.15) is 5.26 Å². The summed E-state index contributed by atoms with van der Waals surface area (Å²) in [6.07, 6.45) is 4.39. The monoisotopic (exact) mass is 233 g/mol. The fourth-order valence-corrected chi connectivity index (χ4v) is 1.29. The van der Waals surface area contributed by atoms with E-state index in [2.05, 4.69) is 22.2 Å². The maximum atomic E-state index is 10.9. The first kappa shape index (κ1) is 12.9. The molecule has 1 amide bonds.